The van der Waals surface area contributed by atoms with Crippen LogP contribution in [0.3, 0.4) is 0 Å². The van der Waals surface area contributed by atoms with Gasteiger partial charge in [0.1, 0.15) is 0 Å². The molecule has 0 saturated carbocycles. The van der Waals surface area contributed by atoms with Gasteiger partial charge in [0.25, 0.3) is 0 Å². The van der Waals surface area contributed by atoms with Crippen molar-refractivity contribution >= 4 is 28.5 Å². The lowest BCUT2D eigenvalue weighted by Crippen LogP contribution is -2.05. The van der Waals surface area contributed by atoms with Crippen molar-refractivity contribution < 1.29 is 4.79 Å². The summed E-state index contributed by atoms with van der Waals surface area (Å²) in [6.07, 6.45) is 6.06. The lowest BCUT2D eigenvalue weighted by molar-refractivity contribution is 0.0992. The Morgan fingerprint density at radius 3 is 2.57 bits per heavy atom. The normalized spacial score (nSPS) is 10.9. The standard InChI is InChI=1S/C21H18N4OS2/c1-13-21(28-14(2)24-13)18-12-27-20(25-18)10-17-4-3-16(11-23-17)19(26)9-15-5-7-22-8-6-15/h3-8,11-12H,9-10H2,1-2H3. The topological polar surface area (TPSA) is 68.6 Å². The maximum Gasteiger partial charge on any atom is 0.168 e. The fourth-order valence-corrected chi connectivity index (χ4v) is 4.66. The molecule has 140 valence electrons. The average molecular weight is 407 g/mol. The van der Waals surface area contributed by atoms with E-state index in [2.05, 4.69) is 20.3 Å². The first kappa shape index (κ1) is 18.6. The van der Waals surface area contributed by atoms with Gasteiger partial charge in [0.05, 0.1) is 26.3 Å². The molecule has 0 saturated heterocycles. The largest absolute Gasteiger partial charge is 0.294 e. The molecule has 0 N–H and O–H groups in total. The van der Waals surface area contributed by atoms with Crippen LogP contribution >= 0.6 is 22.7 Å². The van der Waals surface area contributed by atoms with Gasteiger partial charge in [-0.25, -0.2) is 9.97 Å². The molecule has 0 aromatic carbocycles. The highest BCUT2D eigenvalue weighted by atomic mass is 32.1. The molecule has 4 rings (SSSR count). The Bertz CT molecular complexity index is 1100. The van der Waals surface area contributed by atoms with Gasteiger partial charge in [-0.3, -0.25) is 14.8 Å². The van der Waals surface area contributed by atoms with Crippen molar-refractivity contribution in [2.24, 2.45) is 0 Å². The second-order valence-corrected chi connectivity index (χ2v) is 8.59. The highest BCUT2D eigenvalue weighted by Gasteiger charge is 2.13. The molecule has 0 fully saturated rings. The first-order valence-corrected chi connectivity index (χ1v) is 10.5. The van der Waals surface area contributed by atoms with E-state index < -0.39 is 0 Å². The maximum atomic E-state index is 12.4. The maximum absolute atomic E-state index is 12.4. The fourth-order valence-electron chi connectivity index (χ4n) is 2.90. The number of nitrogens with zero attached hydrogens (tertiary/aromatic N) is 4. The molecule has 0 bridgehead atoms. The summed E-state index contributed by atoms with van der Waals surface area (Å²) in [6, 6.07) is 7.46. The highest BCUT2D eigenvalue weighted by Crippen LogP contribution is 2.31. The smallest absolute Gasteiger partial charge is 0.168 e. The molecule has 4 aromatic rings. The number of hydrogen-bond acceptors (Lipinski definition) is 7. The average Bonchev–Trinajstić information content (AvgIpc) is 3.28. The molecule has 0 amide bonds. The van der Waals surface area contributed by atoms with E-state index in [0.717, 1.165) is 37.5 Å². The van der Waals surface area contributed by atoms with Crippen molar-refractivity contribution in [2.45, 2.75) is 26.7 Å². The van der Waals surface area contributed by atoms with Crippen LogP contribution in [0.4, 0.5) is 0 Å². The zero-order chi connectivity index (χ0) is 19.5. The lowest BCUT2D eigenvalue weighted by Gasteiger charge is -2.03. The minimum Gasteiger partial charge on any atom is -0.294 e. The van der Waals surface area contributed by atoms with Gasteiger partial charge in [-0.05, 0) is 43.7 Å². The first-order chi connectivity index (χ1) is 13.6. The van der Waals surface area contributed by atoms with Crippen molar-refractivity contribution in [3.63, 3.8) is 0 Å². The van der Waals surface area contributed by atoms with Gasteiger partial charge in [0.2, 0.25) is 0 Å². The summed E-state index contributed by atoms with van der Waals surface area (Å²) in [4.78, 5) is 31.2. The van der Waals surface area contributed by atoms with Crippen LogP contribution in [0.15, 0.2) is 48.2 Å². The Balaban J connectivity index is 1.43. The van der Waals surface area contributed by atoms with E-state index in [4.69, 9.17) is 4.98 Å². The summed E-state index contributed by atoms with van der Waals surface area (Å²) >= 11 is 3.29. The minimum atomic E-state index is 0.0535. The van der Waals surface area contributed by atoms with E-state index >= 15 is 0 Å². The Kier molecular flexibility index (Phi) is 5.36. The Morgan fingerprint density at radius 2 is 1.89 bits per heavy atom. The third-order valence-corrected chi connectivity index (χ3v) is 6.23. The lowest BCUT2D eigenvalue weighted by atomic mass is 10.1. The number of carbonyl (C=O) groups excluding carboxylic acids is 1. The van der Waals surface area contributed by atoms with Gasteiger partial charge in [0.15, 0.2) is 5.78 Å². The van der Waals surface area contributed by atoms with Crippen molar-refractivity contribution in [1.82, 2.24) is 19.9 Å². The zero-order valence-corrected chi connectivity index (χ0v) is 17.2. The zero-order valence-electron chi connectivity index (χ0n) is 15.5. The van der Waals surface area contributed by atoms with Crippen LogP contribution in [0.25, 0.3) is 10.6 Å². The monoisotopic (exact) mass is 406 g/mol. The Hall–Kier alpha value is -2.77. The predicted octanol–water partition coefficient (Wildman–Crippen LogP) is 4.69. The van der Waals surface area contributed by atoms with E-state index in [1.807, 2.05) is 38.1 Å². The number of ketones is 1. The summed E-state index contributed by atoms with van der Waals surface area (Å²) in [6.45, 7) is 4.02. The number of pyridine rings is 2. The number of Topliss-reactive ketones (excluding diaryl/α,β-unsaturated/α-hetero) is 1. The third kappa shape index (κ3) is 4.21. The molecule has 0 unspecified atom stereocenters. The number of aromatic nitrogens is 4. The summed E-state index contributed by atoms with van der Waals surface area (Å²) in [5, 5.41) is 4.13. The quantitative estimate of drug-likeness (QED) is 0.435. The van der Waals surface area contributed by atoms with Crippen molar-refractivity contribution in [2.75, 3.05) is 0 Å². The molecule has 0 spiro atoms. The van der Waals surface area contributed by atoms with Gasteiger partial charge < -0.3 is 0 Å². The SMILES string of the molecule is Cc1nc(C)c(-c2csc(Cc3ccc(C(=O)Cc4ccncc4)cn3)n2)s1. The molecule has 4 aromatic heterocycles. The number of carbonyl (C=O) groups is 1. The molecule has 0 aliphatic carbocycles. The van der Waals surface area contributed by atoms with Gasteiger partial charge in [0, 0.05) is 48.1 Å². The Morgan fingerprint density at radius 1 is 1.07 bits per heavy atom. The number of hydrogen-bond donors (Lipinski definition) is 0. The van der Waals surface area contributed by atoms with E-state index in [1.165, 1.54) is 0 Å². The molecule has 0 aliphatic rings. The molecule has 4 heterocycles. The molecule has 0 aliphatic heterocycles. The van der Waals surface area contributed by atoms with E-state index in [9.17, 15) is 4.79 Å². The predicted molar refractivity (Wildman–Crippen MR) is 112 cm³/mol. The molecule has 5 nitrogen and oxygen atoms in total. The molecule has 0 atom stereocenters. The number of thiazole rings is 2. The van der Waals surface area contributed by atoms with E-state index in [0.29, 0.717) is 18.4 Å². The summed E-state index contributed by atoms with van der Waals surface area (Å²) in [5.74, 6) is 0.0535. The Labute approximate surface area is 171 Å². The van der Waals surface area contributed by atoms with Crippen LogP contribution in [0.5, 0.6) is 0 Å². The molecular weight excluding hydrogens is 388 g/mol. The first-order valence-electron chi connectivity index (χ1n) is 8.84. The van der Waals surface area contributed by atoms with Gasteiger partial charge in [-0.1, -0.05) is 0 Å². The number of aryl methyl sites for hydroxylation is 2. The van der Waals surface area contributed by atoms with Crippen molar-refractivity contribution in [3.05, 3.63) is 80.8 Å². The van der Waals surface area contributed by atoms with E-state index in [-0.39, 0.29) is 5.78 Å². The van der Waals surface area contributed by atoms with Gasteiger partial charge in [-0.15, -0.1) is 22.7 Å². The van der Waals surface area contributed by atoms with E-state index in [1.54, 1.807) is 41.3 Å². The van der Waals surface area contributed by atoms with Gasteiger partial charge in [-0.2, -0.15) is 0 Å². The van der Waals surface area contributed by atoms with Crippen LogP contribution in [0, 0.1) is 13.8 Å². The van der Waals surface area contributed by atoms with Crippen LogP contribution < -0.4 is 0 Å². The summed E-state index contributed by atoms with van der Waals surface area (Å²) < 4.78 is 0. The number of rotatable bonds is 6. The van der Waals surface area contributed by atoms with Crippen molar-refractivity contribution in [3.8, 4) is 10.6 Å². The highest BCUT2D eigenvalue weighted by molar-refractivity contribution is 7.15. The summed E-state index contributed by atoms with van der Waals surface area (Å²) in [5.41, 5.74) is 4.48. The molecular formula is C21H18N4OS2. The second kappa shape index (κ2) is 8.08. The van der Waals surface area contributed by atoms with Crippen LogP contribution in [-0.4, -0.2) is 25.7 Å². The molecule has 28 heavy (non-hydrogen) atoms. The van der Waals surface area contributed by atoms with Crippen molar-refractivity contribution in [1.29, 1.82) is 0 Å². The fraction of sp³-hybridized carbons (Fsp3) is 0.190. The minimum absolute atomic E-state index is 0.0535. The van der Waals surface area contributed by atoms with Crippen LogP contribution in [0.1, 0.15) is 37.3 Å². The molecule has 0 radical (unpaired) electrons. The van der Waals surface area contributed by atoms with Crippen LogP contribution in [0.2, 0.25) is 0 Å². The summed E-state index contributed by atoms with van der Waals surface area (Å²) in [7, 11) is 0. The third-order valence-electron chi connectivity index (χ3n) is 4.28. The van der Waals surface area contributed by atoms with Gasteiger partial charge >= 0.3 is 0 Å². The van der Waals surface area contributed by atoms with Crippen LogP contribution in [-0.2, 0) is 12.8 Å². The second-order valence-electron chi connectivity index (χ2n) is 6.44. The molecule has 7 heteroatoms.